The minimum absolute atomic E-state index is 0.0202. The Morgan fingerprint density at radius 2 is 1.42 bits per heavy atom. The van der Waals surface area contributed by atoms with Crippen molar-refractivity contribution in [1.29, 1.82) is 0 Å². The van der Waals surface area contributed by atoms with Crippen LogP contribution in [0.2, 0.25) is 36.3 Å². The molecule has 3 atom stereocenters. The number of ether oxygens (including phenoxy) is 2. The average Bonchev–Trinajstić information content (AvgIpc) is 3.67. The fourth-order valence-corrected chi connectivity index (χ4v) is 9.62. The van der Waals surface area contributed by atoms with E-state index >= 15 is 0 Å². The van der Waals surface area contributed by atoms with E-state index in [1.807, 2.05) is 29.2 Å². The van der Waals surface area contributed by atoms with Crippen LogP contribution in [0.1, 0.15) is 82.2 Å². The molecule has 1 fully saturated rings. The summed E-state index contributed by atoms with van der Waals surface area (Å²) >= 11 is 0. The predicted molar refractivity (Wildman–Crippen MR) is 230 cm³/mol. The number of hydrogen-bond acceptors (Lipinski definition) is 8. The van der Waals surface area contributed by atoms with Crippen LogP contribution in [0, 0.1) is 10.1 Å². The molecule has 12 heteroatoms. The first kappa shape index (κ1) is 42.2. The molecule has 6 rings (SSSR count). The quantitative estimate of drug-likeness (QED) is 0.0745. The van der Waals surface area contributed by atoms with Gasteiger partial charge in [0.25, 0.3) is 5.69 Å². The van der Waals surface area contributed by atoms with Crippen LogP contribution in [0.25, 0.3) is 11.1 Å². The second kappa shape index (κ2) is 16.5. The molecule has 1 aliphatic carbocycles. The van der Waals surface area contributed by atoms with Crippen molar-refractivity contribution >= 4 is 28.4 Å². The van der Waals surface area contributed by atoms with Crippen molar-refractivity contribution in [2.75, 3.05) is 19.8 Å². The molecule has 4 aromatic rings. The van der Waals surface area contributed by atoms with Gasteiger partial charge in [0.1, 0.15) is 6.61 Å². The van der Waals surface area contributed by atoms with Crippen molar-refractivity contribution in [3.63, 3.8) is 0 Å². The predicted octanol–water partition coefficient (Wildman–Crippen LogP) is 11.1. The molecule has 0 bridgehead atoms. The summed E-state index contributed by atoms with van der Waals surface area (Å²) in [5.74, 6) is 0.381. The van der Waals surface area contributed by atoms with Gasteiger partial charge in [0.2, 0.25) is 5.88 Å². The molecular formula is C45H59N3O7Si2. The van der Waals surface area contributed by atoms with Crippen molar-refractivity contribution in [2.24, 2.45) is 0 Å². The van der Waals surface area contributed by atoms with Crippen molar-refractivity contribution in [3.8, 4) is 17.0 Å². The van der Waals surface area contributed by atoms with Crippen LogP contribution in [0.5, 0.6) is 5.88 Å². The molecule has 0 unspecified atom stereocenters. The van der Waals surface area contributed by atoms with E-state index < -0.39 is 27.7 Å². The van der Waals surface area contributed by atoms with Gasteiger partial charge in [-0.05, 0) is 76.1 Å². The second-order valence-electron chi connectivity index (χ2n) is 18.5. The van der Waals surface area contributed by atoms with Gasteiger partial charge in [0, 0.05) is 36.7 Å². The van der Waals surface area contributed by atoms with Crippen molar-refractivity contribution in [2.45, 2.75) is 115 Å². The van der Waals surface area contributed by atoms with Gasteiger partial charge in [0.05, 0.1) is 36.3 Å². The van der Waals surface area contributed by atoms with Crippen LogP contribution < -0.4 is 4.74 Å². The zero-order valence-electron chi connectivity index (χ0n) is 35.2. The first-order valence-electron chi connectivity index (χ1n) is 20.0. The Kier molecular flexibility index (Phi) is 12.2. The van der Waals surface area contributed by atoms with Gasteiger partial charge in [-0.25, -0.2) is 9.78 Å². The topological polar surface area (TPSA) is 113 Å². The highest BCUT2D eigenvalue weighted by molar-refractivity contribution is 6.74. The minimum atomic E-state index is -2.29. The third-order valence-electron chi connectivity index (χ3n) is 12.7. The molecule has 1 aliphatic heterocycles. The number of likely N-dealkylation sites (tertiary alicyclic amines) is 1. The number of pyridine rings is 1. The summed E-state index contributed by atoms with van der Waals surface area (Å²) in [6.07, 6.45) is 2.26. The van der Waals surface area contributed by atoms with Gasteiger partial charge in [0.15, 0.2) is 16.6 Å². The lowest BCUT2D eigenvalue weighted by Crippen LogP contribution is -2.52. The van der Waals surface area contributed by atoms with E-state index in [4.69, 9.17) is 18.3 Å². The van der Waals surface area contributed by atoms with Crippen LogP contribution in [-0.2, 0) is 20.0 Å². The van der Waals surface area contributed by atoms with Crippen LogP contribution in [0.3, 0.4) is 0 Å². The minimum Gasteiger partial charge on any atom is -0.477 e. The number of fused-ring (bicyclic) bond motifs is 3. The molecule has 57 heavy (non-hydrogen) atoms. The van der Waals surface area contributed by atoms with E-state index in [1.54, 1.807) is 18.3 Å². The number of aromatic nitrogens is 1. The number of carbonyl (C=O) groups is 1. The highest BCUT2D eigenvalue weighted by Crippen LogP contribution is 2.47. The lowest BCUT2D eigenvalue weighted by atomic mass is 9.98. The Hall–Kier alpha value is -4.37. The number of nitrogens with zero attached hydrogens (tertiary/aromatic N) is 3. The van der Waals surface area contributed by atoms with Crippen molar-refractivity contribution in [1.82, 2.24) is 9.88 Å². The van der Waals surface area contributed by atoms with Crippen molar-refractivity contribution < 1.29 is 28.0 Å². The van der Waals surface area contributed by atoms with Gasteiger partial charge in [-0.2, -0.15) is 0 Å². The number of nitro benzene ring substituents is 1. The third kappa shape index (κ3) is 9.19. The zero-order valence-corrected chi connectivity index (χ0v) is 37.2. The van der Waals surface area contributed by atoms with Crippen LogP contribution in [0.15, 0.2) is 91.1 Å². The number of rotatable bonds is 13. The third-order valence-corrected chi connectivity index (χ3v) is 21.7. The standard InChI is InChI=1S/C45H59N3O7Si2/c1-44(2,3)56(7,8)54-30-40-41(55-57(9,10)45(4,5)6)27-39(32-21-24-42(46-28-32)52-26-25-31-19-22-33(23-20-31)48(50)51)47(40)43(49)53-29-38-36-17-13-11-15-34(36)35-16-12-14-18-37(35)38/h11-24,28,38-41H,25-27,29-30H2,1-10H3/t39-,40-,41+/m1/s1. The molecule has 0 radical (unpaired) electrons. The average molecular weight is 810 g/mol. The molecule has 1 saturated heterocycles. The molecule has 3 aromatic carbocycles. The zero-order chi connectivity index (χ0) is 41.3. The first-order chi connectivity index (χ1) is 26.8. The number of benzene rings is 3. The molecule has 0 N–H and O–H groups in total. The van der Waals surface area contributed by atoms with E-state index in [9.17, 15) is 14.9 Å². The lowest BCUT2D eigenvalue weighted by molar-refractivity contribution is -0.384. The molecule has 304 valence electrons. The fourth-order valence-electron chi connectivity index (χ4n) is 7.24. The molecule has 2 aliphatic rings. The largest absolute Gasteiger partial charge is 0.477 e. The Morgan fingerprint density at radius 1 is 0.825 bits per heavy atom. The van der Waals surface area contributed by atoms with Gasteiger partial charge < -0.3 is 18.3 Å². The van der Waals surface area contributed by atoms with Gasteiger partial charge in [-0.3, -0.25) is 15.0 Å². The van der Waals surface area contributed by atoms with Crippen LogP contribution >= 0.6 is 0 Å². The van der Waals surface area contributed by atoms with Gasteiger partial charge >= 0.3 is 6.09 Å². The number of carbonyl (C=O) groups excluding carboxylic acids is 1. The Bertz CT molecular complexity index is 2000. The summed E-state index contributed by atoms with van der Waals surface area (Å²) in [6.45, 7) is 23.3. The number of hydrogen-bond donors (Lipinski definition) is 0. The number of non-ortho nitro benzene ring substituents is 1. The fraction of sp³-hybridized carbons (Fsp3) is 0.467. The van der Waals surface area contributed by atoms with Crippen LogP contribution in [0.4, 0.5) is 10.5 Å². The summed E-state index contributed by atoms with van der Waals surface area (Å²) in [6, 6.07) is 26.3. The Morgan fingerprint density at radius 3 is 1.96 bits per heavy atom. The van der Waals surface area contributed by atoms with E-state index in [0.717, 1.165) is 22.3 Å². The summed E-state index contributed by atoms with van der Waals surface area (Å²) in [4.78, 5) is 32.0. The summed E-state index contributed by atoms with van der Waals surface area (Å²) in [7, 11) is -4.51. The molecule has 0 spiro atoms. The van der Waals surface area contributed by atoms with Gasteiger partial charge in [-0.15, -0.1) is 0 Å². The number of amides is 1. The summed E-state index contributed by atoms with van der Waals surface area (Å²) in [5.41, 5.74) is 6.53. The molecule has 1 aromatic heterocycles. The van der Waals surface area contributed by atoms with E-state index in [-0.39, 0.29) is 46.5 Å². The van der Waals surface area contributed by atoms with Crippen LogP contribution in [-0.4, -0.2) is 69.5 Å². The maximum atomic E-state index is 14.8. The molecular weight excluding hydrogens is 751 g/mol. The second-order valence-corrected chi connectivity index (χ2v) is 28.0. The molecule has 1 amide bonds. The highest BCUT2D eigenvalue weighted by Gasteiger charge is 2.51. The van der Waals surface area contributed by atoms with Gasteiger partial charge in [-0.1, -0.05) is 108 Å². The molecule has 0 saturated carbocycles. The maximum absolute atomic E-state index is 14.8. The Balaban J connectivity index is 1.28. The number of nitro groups is 1. The molecule has 2 heterocycles. The monoisotopic (exact) mass is 809 g/mol. The lowest BCUT2D eigenvalue weighted by Gasteiger charge is -2.42. The smallest absolute Gasteiger partial charge is 0.410 e. The summed E-state index contributed by atoms with van der Waals surface area (Å²) < 4.78 is 26.5. The summed E-state index contributed by atoms with van der Waals surface area (Å²) in [5, 5.41) is 11.0. The Labute approximate surface area is 340 Å². The first-order valence-corrected chi connectivity index (χ1v) is 25.9. The maximum Gasteiger partial charge on any atom is 0.410 e. The van der Waals surface area contributed by atoms with E-state index in [1.165, 1.54) is 23.3 Å². The van der Waals surface area contributed by atoms with Crippen molar-refractivity contribution in [3.05, 3.63) is 123 Å². The molecule has 10 nitrogen and oxygen atoms in total. The van der Waals surface area contributed by atoms with E-state index in [0.29, 0.717) is 31.9 Å². The SMILES string of the molecule is CC(C)(C)[Si](C)(C)OC[C@@H]1[C@@H](O[Si](C)(C)C(C)(C)C)C[C@H](c2ccc(OCCc3ccc([N+](=O)[O-])cc3)nc2)N1C(=O)OCC1c2ccccc2-c2ccccc21. The normalized spacial score (nSPS) is 18.6. The highest BCUT2D eigenvalue weighted by atomic mass is 28.4. The van der Waals surface area contributed by atoms with E-state index in [2.05, 4.69) is 109 Å².